The summed E-state index contributed by atoms with van der Waals surface area (Å²) in [4.78, 5) is 28.2. The van der Waals surface area contributed by atoms with E-state index in [4.69, 9.17) is 0 Å². The summed E-state index contributed by atoms with van der Waals surface area (Å²) in [6.07, 6.45) is 6.16. The number of hydrogen-bond acceptors (Lipinski definition) is 3. The van der Waals surface area contributed by atoms with Gasteiger partial charge in [-0.15, -0.1) is 0 Å². The van der Waals surface area contributed by atoms with Gasteiger partial charge in [0.05, 0.1) is 0 Å². The van der Waals surface area contributed by atoms with Crippen molar-refractivity contribution in [2.24, 2.45) is 11.8 Å². The molecule has 1 aliphatic carbocycles. The predicted molar refractivity (Wildman–Crippen MR) is 134 cm³/mol. The highest BCUT2D eigenvalue weighted by molar-refractivity contribution is 6.02. The highest BCUT2D eigenvalue weighted by Gasteiger charge is 2.29. The SMILES string of the molecule is CCC(C)CNC(=O)c1ccc2c(c1)CCC(CCN1CCC(c3ccccc3)CC1)C2=O. The van der Waals surface area contributed by atoms with Crippen LogP contribution in [0.4, 0.5) is 0 Å². The summed E-state index contributed by atoms with van der Waals surface area (Å²) in [7, 11) is 0. The van der Waals surface area contributed by atoms with Crippen molar-refractivity contribution >= 4 is 11.7 Å². The maximum atomic E-state index is 13.1. The summed E-state index contributed by atoms with van der Waals surface area (Å²) in [6.45, 7) is 8.19. The van der Waals surface area contributed by atoms with Crippen LogP contribution in [0.15, 0.2) is 48.5 Å². The molecule has 1 heterocycles. The van der Waals surface area contributed by atoms with Gasteiger partial charge in [0.1, 0.15) is 0 Å². The number of rotatable bonds is 8. The molecule has 1 N–H and O–H groups in total. The second-order valence-corrected chi connectivity index (χ2v) is 10.0. The lowest BCUT2D eigenvalue weighted by molar-refractivity contribution is 0.0875. The molecule has 1 aliphatic heterocycles. The molecule has 2 aromatic carbocycles. The van der Waals surface area contributed by atoms with Crippen LogP contribution in [0, 0.1) is 11.8 Å². The highest BCUT2D eigenvalue weighted by Crippen LogP contribution is 2.31. The highest BCUT2D eigenvalue weighted by atomic mass is 16.1. The van der Waals surface area contributed by atoms with Gasteiger partial charge in [-0.05, 0) is 86.8 Å². The van der Waals surface area contributed by atoms with Crippen LogP contribution >= 0.6 is 0 Å². The Morgan fingerprint density at radius 3 is 2.58 bits per heavy atom. The molecule has 4 rings (SSSR count). The van der Waals surface area contributed by atoms with Crippen molar-refractivity contribution < 1.29 is 9.59 Å². The van der Waals surface area contributed by atoms with E-state index in [1.54, 1.807) is 0 Å². The van der Waals surface area contributed by atoms with Gasteiger partial charge < -0.3 is 10.2 Å². The third kappa shape index (κ3) is 5.92. The van der Waals surface area contributed by atoms with Crippen LogP contribution in [0.1, 0.15) is 83.7 Å². The first-order valence-electron chi connectivity index (χ1n) is 12.8. The van der Waals surface area contributed by atoms with E-state index in [9.17, 15) is 9.59 Å². The normalized spacial score (nSPS) is 20.3. The van der Waals surface area contributed by atoms with Crippen LogP contribution < -0.4 is 5.32 Å². The molecule has 2 atom stereocenters. The number of likely N-dealkylation sites (tertiary alicyclic amines) is 1. The van der Waals surface area contributed by atoms with E-state index in [0.717, 1.165) is 56.4 Å². The van der Waals surface area contributed by atoms with Gasteiger partial charge in [-0.2, -0.15) is 0 Å². The second kappa shape index (κ2) is 11.1. The van der Waals surface area contributed by atoms with Crippen molar-refractivity contribution in [1.29, 1.82) is 0 Å². The first kappa shape index (κ1) is 23.7. The fourth-order valence-electron chi connectivity index (χ4n) is 5.21. The van der Waals surface area contributed by atoms with E-state index in [1.165, 1.54) is 18.4 Å². The average Bonchev–Trinajstić information content (AvgIpc) is 2.87. The molecule has 4 heteroatoms. The van der Waals surface area contributed by atoms with Crippen LogP contribution in [0.25, 0.3) is 0 Å². The molecule has 0 aromatic heterocycles. The molecule has 2 aromatic rings. The molecule has 0 bridgehead atoms. The zero-order chi connectivity index (χ0) is 23.2. The number of aryl methyl sites for hydroxylation is 1. The fraction of sp³-hybridized carbons (Fsp3) is 0.517. The summed E-state index contributed by atoms with van der Waals surface area (Å²) >= 11 is 0. The second-order valence-electron chi connectivity index (χ2n) is 10.0. The van der Waals surface area contributed by atoms with Crippen LogP contribution in [-0.4, -0.2) is 42.8 Å². The van der Waals surface area contributed by atoms with Crippen LogP contribution in [0.2, 0.25) is 0 Å². The summed E-state index contributed by atoms with van der Waals surface area (Å²) in [5.74, 6) is 1.48. The molecule has 2 aliphatic rings. The molecule has 0 saturated carbocycles. The smallest absolute Gasteiger partial charge is 0.251 e. The van der Waals surface area contributed by atoms with Gasteiger partial charge in [0.2, 0.25) is 0 Å². The van der Waals surface area contributed by atoms with Gasteiger partial charge in [0.25, 0.3) is 5.91 Å². The fourth-order valence-corrected chi connectivity index (χ4v) is 5.21. The van der Waals surface area contributed by atoms with E-state index < -0.39 is 0 Å². The molecular weight excluding hydrogens is 408 g/mol. The topological polar surface area (TPSA) is 49.4 Å². The summed E-state index contributed by atoms with van der Waals surface area (Å²) < 4.78 is 0. The van der Waals surface area contributed by atoms with Gasteiger partial charge in [-0.3, -0.25) is 9.59 Å². The van der Waals surface area contributed by atoms with Crippen molar-refractivity contribution in [2.75, 3.05) is 26.2 Å². The van der Waals surface area contributed by atoms with Crippen molar-refractivity contribution in [1.82, 2.24) is 10.2 Å². The molecule has 0 spiro atoms. The molecule has 33 heavy (non-hydrogen) atoms. The number of benzene rings is 2. The van der Waals surface area contributed by atoms with E-state index in [1.807, 2.05) is 18.2 Å². The minimum Gasteiger partial charge on any atom is -0.352 e. The number of amides is 1. The van der Waals surface area contributed by atoms with Gasteiger partial charge >= 0.3 is 0 Å². The summed E-state index contributed by atoms with van der Waals surface area (Å²) in [6, 6.07) is 16.5. The monoisotopic (exact) mass is 446 g/mol. The van der Waals surface area contributed by atoms with E-state index in [-0.39, 0.29) is 17.6 Å². The van der Waals surface area contributed by atoms with Gasteiger partial charge in [-0.25, -0.2) is 0 Å². The standard InChI is InChI=1S/C29H38N2O2/c1-3-21(2)20-30-29(33)26-11-12-27-25(19-26)10-9-24(28(27)32)15-18-31-16-13-23(14-17-31)22-7-5-4-6-8-22/h4-8,11-12,19,21,23-24H,3,9-10,13-18,20H2,1-2H3,(H,30,33). The lowest BCUT2D eigenvalue weighted by Gasteiger charge is -2.33. The van der Waals surface area contributed by atoms with E-state index in [2.05, 4.69) is 54.4 Å². The zero-order valence-corrected chi connectivity index (χ0v) is 20.2. The van der Waals surface area contributed by atoms with Gasteiger partial charge in [0, 0.05) is 23.6 Å². The maximum absolute atomic E-state index is 13.1. The number of ketones is 1. The first-order chi connectivity index (χ1) is 16.0. The Labute approximate surface area is 198 Å². The van der Waals surface area contributed by atoms with Crippen molar-refractivity contribution in [3.63, 3.8) is 0 Å². The van der Waals surface area contributed by atoms with Crippen molar-refractivity contribution in [3.8, 4) is 0 Å². The molecule has 1 saturated heterocycles. The van der Waals surface area contributed by atoms with Crippen LogP contribution in [-0.2, 0) is 6.42 Å². The first-order valence-corrected chi connectivity index (χ1v) is 12.8. The zero-order valence-electron chi connectivity index (χ0n) is 20.2. The third-order valence-corrected chi connectivity index (χ3v) is 7.73. The Hall–Kier alpha value is -2.46. The molecule has 1 amide bonds. The molecule has 1 fully saturated rings. The minimum absolute atomic E-state index is 0.0356. The quantitative estimate of drug-likeness (QED) is 0.584. The van der Waals surface area contributed by atoms with Gasteiger partial charge in [-0.1, -0.05) is 56.7 Å². The Balaban J connectivity index is 1.27. The number of carbonyl (C=O) groups is 2. The van der Waals surface area contributed by atoms with Crippen LogP contribution in [0.5, 0.6) is 0 Å². The lowest BCUT2D eigenvalue weighted by Crippen LogP contribution is -2.36. The van der Waals surface area contributed by atoms with Crippen molar-refractivity contribution in [2.45, 2.75) is 58.3 Å². The average molecular weight is 447 g/mol. The van der Waals surface area contributed by atoms with E-state index in [0.29, 0.717) is 23.9 Å². The molecule has 0 radical (unpaired) electrons. The largest absolute Gasteiger partial charge is 0.352 e. The Kier molecular flexibility index (Phi) is 7.97. The summed E-state index contributed by atoms with van der Waals surface area (Å²) in [5, 5.41) is 3.02. The molecular formula is C29H38N2O2. The molecule has 4 nitrogen and oxygen atoms in total. The molecule has 176 valence electrons. The number of fused-ring (bicyclic) bond motifs is 1. The third-order valence-electron chi connectivity index (χ3n) is 7.73. The minimum atomic E-state index is -0.0356. The number of nitrogens with zero attached hydrogens (tertiary/aromatic N) is 1. The Morgan fingerprint density at radius 1 is 1.09 bits per heavy atom. The lowest BCUT2D eigenvalue weighted by atomic mass is 9.80. The number of carbonyl (C=O) groups excluding carboxylic acids is 2. The maximum Gasteiger partial charge on any atom is 0.251 e. The predicted octanol–water partition coefficient (Wildman–Crippen LogP) is 5.48. The number of hydrogen-bond donors (Lipinski definition) is 1. The number of Topliss-reactive ketones (excluding diaryl/α,β-unsaturated/α-hetero) is 1. The Morgan fingerprint density at radius 2 is 1.85 bits per heavy atom. The summed E-state index contributed by atoms with van der Waals surface area (Å²) in [5.41, 5.74) is 4.00. The van der Waals surface area contributed by atoms with Crippen LogP contribution in [0.3, 0.4) is 0 Å². The number of nitrogens with one attached hydrogen (secondary N) is 1. The van der Waals surface area contributed by atoms with Crippen molar-refractivity contribution in [3.05, 3.63) is 70.8 Å². The Bertz CT molecular complexity index is 947. The van der Waals surface area contributed by atoms with E-state index >= 15 is 0 Å². The van der Waals surface area contributed by atoms with Gasteiger partial charge in [0.15, 0.2) is 5.78 Å². The number of piperidine rings is 1. The molecule has 2 unspecified atom stereocenters.